The van der Waals surface area contributed by atoms with Gasteiger partial charge in [-0.15, -0.1) is 0 Å². The predicted octanol–water partition coefficient (Wildman–Crippen LogP) is 2.39. The summed E-state index contributed by atoms with van der Waals surface area (Å²) in [6, 6.07) is 5.83. The molecule has 0 aliphatic carbocycles. The third-order valence-corrected chi connectivity index (χ3v) is 4.20. The van der Waals surface area contributed by atoms with Crippen LogP contribution in [0.4, 0.5) is 0 Å². The molecule has 124 valence electrons. The monoisotopic (exact) mass is 315 g/mol. The van der Waals surface area contributed by atoms with E-state index >= 15 is 0 Å². The highest BCUT2D eigenvalue weighted by atomic mass is 16.5. The summed E-state index contributed by atoms with van der Waals surface area (Å²) in [5, 5.41) is 7.27. The summed E-state index contributed by atoms with van der Waals surface area (Å²) in [6.07, 6.45) is 0.779. The summed E-state index contributed by atoms with van der Waals surface area (Å²) in [4.78, 5) is 11.9. The molecule has 2 rings (SSSR count). The summed E-state index contributed by atoms with van der Waals surface area (Å²) < 4.78 is 7.40. The molecule has 23 heavy (non-hydrogen) atoms. The fourth-order valence-electron chi connectivity index (χ4n) is 2.51. The highest BCUT2D eigenvalue weighted by Crippen LogP contribution is 2.16. The number of carbonyl (C=O) groups is 1. The Balaban J connectivity index is 1.78. The van der Waals surface area contributed by atoms with Crippen molar-refractivity contribution in [3.8, 4) is 5.75 Å². The van der Waals surface area contributed by atoms with Gasteiger partial charge in [0.1, 0.15) is 5.75 Å². The lowest BCUT2D eigenvalue weighted by molar-refractivity contribution is -0.123. The third kappa shape index (κ3) is 4.34. The van der Waals surface area contributed by atoms with Gasteiger partial charge in [0, 0.05) is 19.3 Å². The number of nitrogens with zero attached hydrogens (tertiary/aromatic N) is 2. The summed E-state index contributed by atoms with van der Waals surface area (Å²) >= 11 is 0. The zero-order chi connectivity index (χ0) is 17.0. The molecule has 0 aliphatic heterocycles. The van der Waals surface area contributed by atoms with E-state index in [1.165, 1.54) is 11.1 Å². The summed E-state index contributed by atoms with van der Waals surface area (Å²) in [6.45, 7) is 8.73. The first kappa shape index (κ1) is 17.1. The van der Waals surface area contributed by atoms with Gasteiger partial charge in [-0.25, -0.2) is 0 Å². The molecule has 5 heteroatoms. The number of hydrogen-bond donors (Lipinski definition) is 1. The van der Waals surface area contributed by atoms with E-state index in [1.807, 2.05) is 57.6 Å². The molecule has 0 bridgehead atoms. The minimum absolute atomic E-state index is 0.0352. The van der Waals surface area contributed by atoms with Crippen molar-refractivity contribution in [3.05, 3.63) is 46.3 Å². The van der Waals surface area contributed by atoms with Crippen molar-refractivity contribution in [2.45, 2.75) is 34.1 Å². The lowest BCUT2D eigenvalue weighted by Crippen LogP contribution is -2.30. The maximum absolute atomic E-state index is 11.9. The van der Waals surface area contributed by atoms with Crippen molar-refractivity contribution in [2.75, 3.05) is 13.2 Å². The van der Waals surface area contributed by atoms with E-state index in [2.05, 4.69) is 10.4 Å². The van der Waals surface area contributed by atoms with Crippen molar-refractivity contribution < 1.29 is 9.53 Å². The van der Waals surface area contributed by atoms with Gasteiger partial charge in [-0.3, -0.25) is 9.48 Å². The largest absolute Gasteiger partial charge is 0.484 e. The van der Waals surface area contributed by atoms with Crippen molar-refractivity contribution >= 4 is 5.91 Å². The van der Waals surface area contributed by atoms with Crippen LogP contribution in [0, 0.1) is 27.7 Å². The van der Waals surface area contributed by atoms with E-state index in [9.17, 15) is 4.79 Å². The van der Waals surface area contributed by atoms with Crippen molar-refractivity contribution in [2.24, 2.45) is 7.05 Å². The average molecular weight is 315 g/mol. The highest BCUT2D eigenvalue weighted by Gasteiger charge is 2.10. The van der Waals surface area contributed by atoms with Gasteiger partial charge in [0.05, 0.1) is 5.69 Å². The van der Waals surface area contributed by atoms with Gasteiger partial charge in [0.25, 0.3) is 5.91 Å². The van der Waals surface area contributed by atoms with E-state index in [4.69, 9.17) is 4.74 Å². The van der Waals surface area contributed by atoms with Crippen LogP contribution < -0.4 is 10.1 Å². The lowest BCUT2D eigenvalue weighted by Gasteiger charge is -2.09. The normalized spacial score (nSPS) is 10.7. The van der Waals surface area contributed by atoms with Crippen LogP contribution in [0.3, 0.4) is 0 Å². The zero-order valence-electron chi connectivity index (χ0n) is 14.6. The Morgan fingerprint density at radius 1 is 1.22 bits per heavy atom. The van der Waals surface area contributed by atoms with Crippen LogP contribution in [0.2, 0.25) is 0 Å². The Hall–Kier alpha value is -2.30. The fraction of sp³-hybridized carbons (Fsp3) is 0.444. The molecular weight excluding hydrogens is 290 g/mol. The first-order valence-electron chi connectivity index (χ1n) is 7.84. The van der Waals surface area contributed by atoms with Gasteiger partial charge in [0.15, 0.2) is 6.61 Å². The van der Waals surface area contributed by atoms with Crippen LogP contribution in [0.15, 0.2) is 18.2 Å². The Labute approximate surface area is 137 Å². The molecule has 2 aromatic rings. The van der Waals surface area contributed by atoms with Crippen LogP contribution in [0.5, 0.6) is 5.75 Å². The highest BCUT2D eigenvalue weighted by molar-refractivity contribution is 5.77. The zero-order valence-corrected chi connectivity index (χ0v) is 14.6. The van der Waals surface area contributed by atoms with E-state index in [-0.39, 0.29) is 12.5 Å². The minimum atomic E-state index is -0.109. The molecule has 1 aromatic heterocycles. The number of rotatable bonds is 6. The molecule has 0 atom stereocenters. The van der Waals surface area contributed by atoms with E-state index < -0.39 is 0 Å². The Morgan fingerprint density at radius 2 is 1.96 bits per heavy atom. The van der Waals surface area contributed by atoms with Gasteiger partial charge in [-0.1, -0.05) is 6.07 Å². The Morgan fingerprint density at radius 3 is 2.57 bits per heavy atom. The molecule has 0 unspecified atom stereocenters. The lowest BCUT2D eigenvalue weighted by atomic mass is 10.1. The number of hydrogen-bond acceptors (Lipinski definition) is 3. The van der Waals surface area contributed by atoms with E-state index in [0.717, 1.165) is 29.1 Å². The van der Waals surface area contributed by atoms with Gasteiger partial charge >= 0.3 is 0 Å². The maximum atomic E-state index is 11.9. The molecule has 1 heterocycles. The summed E-state index contributed by atoms with van der Waals surface area (Å²) in [7, 11) is 1.93. The Kier molecular flexibility index (Phi) is 5.42. The summed E-state index contributed by atoms with van der Waals surface area (Å²) in [5.74, 6) is 0.615. The number of benzene rings is 1. The minimum Gasteiger partial charge on any atom is -0.484 e. The molecule has 0 radical (unpaired) electrons. The molecule has 5 nitrogen and oxygen atoms in total. The molecule has 1 aromatic carbocycles. The van der Waals surface area contributed by atoms with Crippen molar-refractivity contribution in [3.63, 3.8) is 0 Å². The van der Waals surface area contributed by atoms with Crippen molar-refractivity contribution in [1.29, 1.82) is 0 Å². The molecule has 1 amide bonds. The second kappa shape index (κ2) is 7.31. The van der Waals surface area contributed by atoms with Crippen molar-refractivity contribution in [1.82, 2.24) is 15.1 Å². The van der Waals surface area contributed by atoms with Crippen LogP contribution in [0.1, 0.15) is 28.1 Å². The smallest absolute Gasteiger partial charge is 0.257 e. The SMILES string of the molecule is Cc1ccc(OCC(=O)NCCc2c(C)nn(C)c2C)cc1C. The number of aromatic nitrogens is 2. The maximum Gasteiger partial charge on any atom is 0.257 e. The van der Waals surface area contributed by atoms with Crippen LogP contribution >= 0.6 is 0 Å². The number of aryl methyl sites for hydroxylation is 4. The van der Waals surface area contributed by atoms with Gasteiger partial charge in [-0.05, 0) is 62.9 Å². The van der Waals surface area contributed by atoms with Gasteiger partial charge in [0.2, 0.25) is 0 Å². The summed E-state index contributed by atoms with van der Waals surface area (Å²) in [5.41, 5.74) is 5.73. The standard InChI is InChI=1S/C18H25N3O2/c1-12-6-7-16(10-13(12)2)23-11-18(22)19-9-8-17-14(3)20-21(5)15(17)4/h6-7,10H,8-9,11H2,1-5H3,(H,19,22). The molecule has 0 spiro atoms. The second-order valence-electron chi connectivity index (χ2n) is 5.91. The molecule has 1 N–H and O–H groups in total. The molecule has 0 aliphatic rings. The molecule has 0 saturated heterocycles. The molecular formula is C18H25N3O2. The topological polar surface area (TPSA) is 56.1 Å². The third-order valence-electron chi connectivity index (χ3n) is 4.20. The van der Waals surface area contributed by atoms with Crippen LogP contribution in [-0.2, 0) is 18.3 Å². The number of amides is 1. The van der Waals surface area contributed by atoms with Crippen LogP contribution in [-0.4, -0.2) is 28.8 Å². The Bertz CT molecular complexity index is 705. The van der Waals surface area contributed by atoms with E-state index in [1.54, 1.807) is 0 Å². The first-order valence-corrected chi connectivity index (χ1v) is 7.84. The van der Waals surface area contributed by atoms with Gasteiger partial charge < -0.3 is 10.1 Å². The number of carbonyl (C=O) groups excluding carboxylic acids is 1. The number of ether oxygens (including phenoxy) is 1. The van der Waals surface area contributed by atoms with Gasteiger partial charge in [-0.2, -0.15) is 5.10 Å². The second-order valence-corrected chi connectivity index (χ2v) is 5.91. The molecule has 0 fully saturated rings. The molecule has 0 saturated carbocycles. The van der Waals surface area contributed by atoms with E-state index in [0.29, 0.717) is 6.54 Å². The first-order chi connectivity index (χ1) is 10.9. The van der Waals surface area contributed by atoms with Crippen LogP contribution in [0.25, 0.3) is 0 Å². The average Bonchev–Trinajstić information content (AvgIpc) is 2.74. The quantitative estimate of drug-likeness (QED) is 0.890. The number of nitrogens with one attached hydrogen (secondary N) is 1. The fourth-order valence-corrected chi connectivity index (χ4v) is 2.51. The predicted molar refractivity (Wildman–Crippen MR) is 90.8 cm³/mol.